The average molecular weight is 642 g/mol. The third kappa shape index (κ3) is 6.64. The number of amides is 1. The molecule has 1 atom stereocenters. The molecule has 1 aliphatic carbocycles. The van der Waals surface area contributed by atoms with Gasteiger partial charge >= 0.3 is 6.18 Å². The summed E-state index contributed by atoms with van der Waals surface area (Å²) in [7, 11) is -4.04. The fourth-order valence-electron chi connectivity index (χ4n) is 5.96. The van der Waals surface area contributed by atoms with Gasteiger partial charge in [-0.1, -0.05) is 29.9 Å². The Morgan fingerprint density at radius 2 is 1.76 bits per heavy atom. The molecule has 2 aliphatic heterocycles. The molecule has 1 N–H and O–H groups in total. The van der Waals surface area contributed by atoms with Crippen LogP contribution in [0.4, 0.5) is 23.5 Å². The van der Waals surface area contributed by atoms with Crippen LogP contribution >= 0.6 is 0 Å². The molecule has 236 valence electrons. The Morgan fingerprint density at radius 3 is 2.49 bits per heavy atom. The zero-order valence-electron chi connectivity index (χ0n) is 24.2. The number of alkyl halides is 3. The summed E-state index contributed by atoms with van der Waals surface area (Å²) in [6.07, 6.45) is 3.43. The Kier molecular flexibility index (Phi) is 8.49. The van der Waals surface area contributed by atoms with Crippen LogP contribution in [-0.2, 0) is 27.5 Å². The van der Waals surface area contributed by atoms with Crippen LogP contribution in [0, 0.1) is 5.82 Å². The summed E-state index contributed by atoms with van der Waals surface area (Å²) in [5.41, 5.74) is 3.11. The van der Waals surface area contributed by atoms with E-state index < -0.39 is 39.5 Å². The van der Waals surface area contributed by atoms with E-state index in [9.17, 15) is 30.8 Å². The van der Waals surface area contributed by atoms with Crippen molar-refractivity contribution in [3.8, 4) is 11.3 Å². The highest BCUT2D eigenvalue weighted by Gasteiger charge is 2.39. The number of carbonyl (C=O) groups is 1. The minimum atomic E-state index is -4.48. The summed E-state index contributed by atoms with van der Waals surface area (Å²) in [5, 5.41) is 2.80. The van der Waals surface area contributed by atoms with Crippen LogP contribution in [0.25, 0.3) is 11.3 Å². The number of halogens is 4. The van der Waals surface area contributed by atoms with E-state index in [4.69, 9.17) is 9.97 Å². The second-order valence-electron chi connectivity index (χ2n) is 11.3. The van der Waals surface area contributed by atoms with Crippen LogP contribution in [0.2, 0.25) is 0 Å². The van der Waals surface area contributed by atoms with Gasteiger partial charge in [0.2, 0.25) is 21.9 Å². The zero-order chi connectivity index (χ0) is 31.8. The van der Waals surface area contributed by atoms with Crippen molar-refractivity contribution < 1.29 is 30.8 Å². The maximum Gasteiger partial charge on any atom is 0.416 e. The highest BCUT2D eigenvalue weighted by Crippen LogP contribution is 2.33. The number of nitrogens with zero attached hydrogens (tertiary/aromatic N) is 4. The van der Waals surface area contributed by atoms with E-state index >= 15 is 0 Å². The first-order chi connectivity index (χ1) is 21.5. The number of hydrogen-bond donors (Lipinski definition) is 1. The Morgan fingerprint density at radius 1 is 1.00 bits per heavy atom. The maximum atomic E-state index is 13.4. The molecule has 13 heteroatoms. The smallest absolute Gasteiger partial charge is 0.349 e. The molecule has 3 aliphatic rings. The fraction of sp³-hybridized carbons (Fsp3) is 0.344. The average Bonchev–Trinajstić information content (AvgIpc) is 3.55. The van der Waals surface area contributed by atoms with Gasteiger partial charge in [0.25, 0.3) is 0 Å². The lowest BCUT2D eigenvalue weighted by Gasteiger charge is -2.31. The number of sulfonamides is 1. The van der Waals surface area contributed by atoms with E-state index in [-0.39, 0.29) is 18.0 Å². The first kappa shape index (κ1) is 30.9. The first-order valence-corrected chi connectivity index (χ1v) is 16.2. The zero-order valence-corrected chi connectivity index (χ0v) is 25.0. The third-order valence-electron chi connectivity index (χ3n) is 8.36. The lowest BCUT2D eigenvalue weighted by Crippen LogP contribution is -2.45. The predicted octanol–water partition coefficient (Wildman–Crippen LogP) is 5.63. The van der Waals surface area contributed by atoms with Crippen LogP contribution in [-0.4, -0.2) is 54.3 Å². The number of nitrogens with one attached hydrogen (secondary N) is 1. The molecule has 0 bridgehead atoms. The number of rotatable bonds is 7. The van der Waals surface area contributed by atoms with Gasteiger partial charge in [-0.2, -0.15) is 17.5 Å². The Bertz CT molecular complexity index is 1760. The van der Waals surface area contributed by atoms with Gasteiger partial charge in [0.05, 0.1) is 28.4 Å². The van der Waals surface area contributed by atoms with E-state index in [0.29, 0.717) is 48.8 Å². The second kappa shape index (κ2) is 12.4. The molecule has 1 aromatic heterocycles. The normalized spacial score (nSPS) is 19.1. The summed E-state index contributed by atoms with van der Waals surface area (Å²) >= 11 is 0. The molecular formula is C32H31F4N5O3S. The number of anilines is 1. The molecular weight excluding hydrogens is 610 g/mol. The van der Waals surface area contributed by atoms with Crippen molar-refractivity contribution in [3.05, 3.63) is 95.0 Å². The van der Waals surface area contributed by atoms with E-state index in [1.165, 1.54) is 35.4 Å². The van der Waals surface area contributed by atoms with E-state index in [1.54, 1.807) is 6.07 Å². The third-order valence-corrected chi connectivity index (χ3v) is 10.3. The Balaban J connectivity index is 1.25. The van der Waals surface area contributed by atoms with Crippen molar-refractivity contribution in [1.29, 1.82) is 0 Å². The van der Waals surface area contributed by atoms with Crippen molar-refractivity contribution in [3.63, 3.8) is 0 Å². The van der Waals surface area contributed by atoms with Gasteiger partial charge in [-0.25, -0.2) is 22.8 Å². The fourth-order valence-corrected chi connectivity index (χ4v) is 7.61. The van der Waals surface area contributed by atoms with Gasteiger partial charge in [0.15, 0.2) is 0 Å². The SMILES string of the molecule is O=C(NCc1cc(-c2ccc(C(F)(F)F)cc2)nc(N2CCC3=C(C=CCC3)C2)n1)C1CCCN1S(=O)(=O)c1ccc(F)cc1. The van der Waals surface area contributed by atoms with Crippen LogP contribution < -0.4 is 10.2 Å². The molecule has 0 saturated carbocycles. The molecule has 1 saturated heterocycles. The lowest BCUT2D eigenvalue weighted by atomic mass is 9.92. The Hall–Kier alpha value is -4.10. The minimum absolute atomic E-state index is 0.0510. The summed E-state index contributed by atoms with van der Waals surface area (Å²) in [4.78, 5) is 24.7. The molecule has 3 aromatic rings. The quantitative estimate of drug-likeness (QED) is 0.337. The van der Waals surface area contributed by atoms with Gasteiger partial charge in [-0.15, -0.1) is 0 Å². The second-order valence-corrected chi connectivity index (χ2v) is 13.2. The first-order valence-electron chi connectivity index (χ1n) is 14.7. The number of hydrogen-bond acceptors (Lipinski definition) is 6. The molecule has 2 aromatic carbocycles. The van der Waals surface area contributed by atoms with Gasteiger partial charge in [0.1, 0.15) is 11.9 Å². The molecule has 0 radical (unpaired) electrons. The van der Waals surface area contributed by atoms with Crippen molar-refractivity contribution in [2.24, 2.45) is 0 Å². The van der Waals surface area contributed by atoms with Gasteiger partial charge in [-0.05, 0) is 80.1 Å². The monoisotopic (exact) mass is 641 g/mol. The van der Waals surface area contributed by atoms with E-state index in [1.807, 2.05) is 4.90 Å². The standard InChI is InChI=1S/C32H31F4N5O3S/c33-25-11-13-27(14-12-25)45(43,44)41-16-3-6-29(41)30(42)37-19-26-18-28(22-7-9-24(10-8-22)32(34,35)36)39-31(38-26)40-17-15-21-4-1-2-5-23(21)20-40/h2,5,7-14,18,29H,1,3-4,6,15-17,19-20H2,(H,37,42). The highest BCUT2D eigenvalue weighted by molar-refractivity contribution is 7.89. The summed E-state index contributed by atoms with van der Waals surface area (Å²) in [6, 6.07) is 9.83. The molecule has 1 amide bonds. The van der Waals surface area contributed by atoms with Gasteiger partial charge in [-0.3, -0.25) is 4.79 Å². The van der Waals surface area contributed by atoms with Gasteiger partial charge in [0, 0.05) is 25.2 Å². The number of benzene rings is 2. The highest BCUT2D eigenvalue weighted by atomic mass is 32.2. The molecule has 1 unspecified atom stereocenters. The summed E-state index contributed by atoms with van der Waals surface area (Å²) < 4.78 is 80.7. The van der Waals surface area contributed by atoms with Crippen molar-refractivity contribution in [1.82, 2.24) is 19.6 Å². The van der Waals surface area contributed by atoms with Crippen LogP contribution in [0.5, 0.6) is 0 Å². The van der Waals surface area contributed by atoms with E-state index in [2.05, 4.69) is 17.5 Å². The largest absolute Gasteiger partial charge is 0.416 e. The number of allylic oxidation sites excluding steroid dienone is 1. The molecule has 6 rings (SSSR count). The lowest BCUT2D eigenvalue weighted by molar-refractivity contribution is -0.137. The predicted molar refractivity (Wildman–Crippen MR) is 160 cm³/mol. The topological polar surface area (TPSA) is 95.5 Å². The molecule has 1 fully saturated rings. The van der Waals surface area contributed by atoms with E-state index in [0.717, 1.165) is 47.8 Å². The molecule has 45 heavy (non-hydrogen) atoms. The Labute approximate surface area is 258 Å². The molecule has 8 nitrogen and oxygen atoms in total. The van der Waals surface area contributed by atoms with Crippen molar-refractivity contribution in [2.75, 3.05) is 24.5 Å². The summed E-state index contributed by atoms with van der Waals surface area (Å²) in [6.45, 7) is 1.36. The van der Waals surface area contributed by atoms with Crippen molar-refractivity contribution >= 4 is 21.9 Å². The summed E-state index contributed by atoms with van der Waals surface area (Å²) in [5.74, 6) is -0.681. The van der Waals surface area contributed by atoms with Crippen LogP contribution in [0.15, 0.2) is 82.8 Å². The molecule has 3 heterocycles. The minimum Gasteiger partial charge on any atom is -0.349 e. The number of aromatic nitrogens is 2. The van der Waals surface area contributed by atoms with Gasteiger partial charge < -0.3 is 10.2 Å². The van der Waals surface area contributed by atoms with Crippen LogP contribution in [0.1, 0.15) is 43.4 Å². The molecule has 0 spiro atoms. The number of carbonyl (C=O) groups excluding carboxylic acids is 1. The maximum absolute atomic E-state index is 13.4. The van der Waals surface area contributed by atoms with Crippen LogP contribution in [0.3, 0.4) is 0 Å². The van der Waals surface area contributed by atoms with Crippen molar-refractivity contribution in [2.45, 2.75) is 55.8 Å².